The molecular formula is C14H11BrFN3O. The summed E-state index contributed by atoms with van der Waals surface area (Å²) in [7, 11) is 1.58. The van der Waals surface area contributed by atoms with Crippen molar-refractivity contribution in [2.24, 2.45) is 0 Å². The highest BCUT2D eigenvalue weighted by Gasteiger charge is 2.14. The van der Waals surface area contributed by atoms with E-state index in [1.54, 1.807) is 23.8 Å². The van der Waals surface area contributed by atoms with E-state index in [4.69, 9.17) is 10.5 Å². The first-order valence-electron chi connectivity index (χ1n) is 5.87. The second-order valence-corrected chi connectivity index (χ2v) is 5.18. The van der Waals surface area contributed by atoms with Gasteiger partial charge in [-0.1, -0.05) is 22.0 Å². The Morgan fingerprint density at radius 1 is 1.30 bits per heavy atom. The Labute approximate surface area is 123 Å². The van der Waals surface area contributed by atoms with Crippen molar-refractivity contribution in [2.75, 3.05) is 12.8 Å². The van der Waals surface area contributed by atoms with Crippen LogP contribution >= 0.6 is 15.9 Å². The van der Waals surface area contributed by atoms with Crippen molar-refractivity contribution in [3.8, 4) is 11.4 Å². The number of aromatic nitrogens is 2. The predicted molar refractivity (Wildman–Crippen MR) is 79.7 cm³/mol. The van der Waals surface area contributed by atoms with Crippen LogP contribution in [0.2, 0.25) is 0 Å². The molecule has 0 saturated heterocycles. The molecule has 0 aliphatic carbocycles. The monoisotopic (exact) mass is 335 g/mol. The molecule has 4 nitrogen and oxygen atoms in total. The van der Waals surface area contributed by atoms with Gasteiger partial charge in [0.05, 0.1) is 18.3 Å². The quantitative estimate of drug-likeness (QED) is 0.779. The molecule has 0 amide bonds. The number of imidazole rings is 1. The molecule has 1 aromatic heterocycles. The molecule has 20 heavy (non-hydrogen) atoms. The summed E-state index contributed by atoms with van der Waals surface area (Å²) in [6.45, 7) is 0. The molecule has 0 aliphatic rings. The lowest BCUT2D eigenvalue weighted by atomic mass is 10.2. The van der Waals surface area contributed by atoms with Crippen LogP contribution in [-0.4, -0.2) is 16.7 Å². The molecule has 102 valence electrons. The minimum atomic E-state index is -0.394. The lowest BCUT2D eigenvalue weighted by molar-refractivity contribution is 0.414. The summed E-state index contributed by atoms with van der Waals surface area (Å²) in [4.78, 5) is 4.08. The van der Waals surface area contributed by atoms with Gasteiger partial charge in [0.15, 0.2) is 5.82 Å². The molecule has 0 aliphatic heterocycles. The lowest BCUT2D eigenvalue weighted by Crippen LogP contribution is -2.01. The van der Waals surface area contributed by atoms with Crippen LogP contribution < -0.4 is 10.5 Å². The highest BCUT2D eigenvalue weighted by molar-refractivity contribution is 9.10. The molecule has 0 atom stereocenters. The third kappa shape index (κ3) is 2.02. The topological polar surface area (TPSA) is 53.1 Å². The maximum atomic E-state index is 13.8. The number of hydrogen-bond acceptors (Lipinski definition) is 3. The van der Waals surface area contributed by atoms with Crippen LogP contribution in [0.5, 0.6) is 5.75 Å². The van der Waals surface area contributed by atoms with Crippen molar-refractivity contribution in [1.29, 1.82) is 0 Å². The maximum Gasteiger partial charge on any atom is 0.206 e. The van der Waals surface area contributed by atoms with E-state index in [-0.39, 0.29) is 11.5 Å². The standard InChI is InChI=1S/C14H11BrFN3O/c1-20-10-6-8(15)5-9(7-10)19-12-4-2-3-11(16)13(12)18-14(19)17/h2-7H,1H3,(H2,17,18). The Kier molecular flexibility index (Phi) is 3.10. The van der Waals surface area contributed by atoms with E-state index >= 15 is 0 Å². The first-order valence-corrected chi connectivity index (χ1v) is 6.67. The second kappa shape index (κ2) is 4.79. The second-order valence-electron chi connectivity index (χ2n) is 4.26. The molecule has 0 radical (unpaired) electrons. The maximum absolute atomic E-state index is 13.8. The number of nitrogen functional groups attached to an aromatic ring is 1. The first-order chi connectivity index (χ1) is 9.60. The molecule has 3 rings (SSSR count). The summed E-state index contributed by atoms with van der Waals surface area (Å²) in [5.41, 5.74) is 7.54. The van der Waals surface area contributed by atoms with Crippen LogP contribution in [-0.2, 0) is 0 Å². The van der Waals surface area contributed by atoms with E-state index in [1.807, 2.05) is 18.2 Å². The van der Waals surface area contributed by atoms with Crippen LogP contribution in [0.15, 0.2) is 40.9 Å². The molecule has 0 bridgehead atoms. The van der Waals surface area contributed by atoms with Gasteiger partial charge < -0.3 is 10.5 Å². The molecule has 0 spiro atoms. The van der Waals surface area contributed by atoms with Crippen molar-refractivity contribution in [3.05, 3.63) is 46.7 Å². The normalized spacial score (nSPS) is 10.9. The summed E-state index contributed by atoms with van der Waals surface area (Å²) in [6.07, 6.45) is 0. The number of rotatable bonds is 2. The van der Waals surface area contributed by atoms with Crippen molar-refractivity contribution in [3.63, 3.8) is 0 Å². The Hall–Kier alpha value is -2.08. The van der Waals surface area contributed by atoms with E-state index in [9.17, 15) is 4.39 Å². The van der Waals surface area contributed by atoms with Gasteiger partial charge in [0.1, 0.15) is 11.3 Å². The van der Waals surface area contributed by atoms with Crippen molar-refractivity contribution in [2.45, 2.75) is 0 Å². The number of nitrogens with zero attached hydrogens (tertiary/aromatic N) is 2. The van der Waals surface area contributed by atoms with Gasteiger partial charge in [-0.25, -0.2) is 9.37 Å². The zero-order valence-electron chi connectivity index (χ0n) is 10.6. The van der Waals surface area contributed by atoms with Crippen LogP contribution in [0.25, 0.3) is 16.7 Å². The van der Waals surface area contributed by atoms with E-state index in [0.717, 1.165) is 10.2 Å². The van der Waals surface area contributed by atoms with Crippen LogP contribution in [0, 0.1) is 5.82 Å². The van der Waals surface area contributed by atoms with Crippen LogP contribution in [0.3, 0.4) is 0 Å². The highest BCUT2D eigenvalue weighted by atomic mass is 79.9. The summed E-state index contributed by atoms with van der Waals surface area (Å²) in [5.74, 6) is 0.507. The smallest absolute Gasteiger partial charge is 0.206 e. The van der Waals surface area contributed by atoms with Crippen LogP contribution in [0.1, 0.15) is 0 Å². The van der Waals surface area contributed by atoms with E-state index in [2.05, 4.69) is 20.9 Å². The lowest BCUT2D eigenvalue weighted by Gasteiger charge is -2.09. The van der Waals surface area contributed by atoms with Crippen LogP contribution in [0.4, 0.5) is 10.3 Å². The minimum Gasteiger partial charge on any atom is -0.497 e. The SMILES string of the molecule is COc1cc(Br)cc(-n2c(N)nc3c(F)cccc32)c1. The molecule has 1 heterocycles. The number of para-hydroxylation sites is 1. The van der Waals surface area contributed by atoms with Gasteiger partial charge >= 0.3 is 0 Å². The number of fused-ring (bicyclic) bond motifs is 1. The first kappa shape index (κ1) is 12.9. The predicted octanol–water partition coefficient (Wildman–Crippen LogP) is 3.52. The summed E-state index contributed by atoms with van der Waals surface area (Å²) >= 11 is 3.41. The fourth-order valence-electron chi connectivity index (χ4n) is 2.15. The minimum absolute atomic E-state index is 0.227. The van der Waals surface area contributed by atoms with Gasteiger partial charge in [0.2, 0.25) is 5.95 Å². The van der Waals surface area contributed by atoms with Crippen molar-refractivity contribution >= 4 is 32.9 Å². The number of benzene rings is 2. The Morgan fingerprint density at radius 2 is 2.10 bits per heavy atom. The number of anilines is 1. The molecule has 6 heteroatoms. The third-order valence-corrected chi connectivity index (χ3v) is 3.47. The highest BCUT2D eigenvalue weighted by Crippen LogP contribution is 2.29. The Balaban J connectivity index is 2.32. The molecule has 3 aromatic rings. The molecule has 0 fully saturated rings. The molecule has 0 unspecified atom stereocenters. The number of halogens is 2. The zero-order chi connectivity index (χ0) is 14.3. The molecule has 0 saturated carbocycles. The van der Waals surface area contributed by atoms with E-state index in [1.165, 1.54) is 6.07 Å². The van der Waals surface area contributed by atoms with Gasteiger partial charge in [-0.2, -0.15) is 0 Å². The van der Waals surface area contributed by atoms with E-state index < -0.39 is 5.82 Å². The Morgan fingerprint density at radius 3 is 2.85 bits per heavy atom. The van der Waals surface area contributed by atoms with Crippen molar-refractivity contribution < 1.29 is 9.13 Å². The average molecular weight is 336 g/mol. The largest absolute Gasteiger partial charge is 0.497 e. The van der Waals surface area contributed by atoms with Gasteiger partial charge in [-0.05, 0) is 24.3 Å². The van der Waals surface area contributed by atoms with Crippen molar-refractivity contribution in [1.82, 2.24) is 9.55 Å². The third-order valence-electron chi connectivity index (χ3n) is 3.01. The molecule has 2 aromatic carbocycles. The van der Waals surface area contributed by atoms with Gasteiger partial charge in [-0.3, -0.25) is 4.57 Å². The van der Waals surface area contributed by atoms with Gasteiger partial charge in [0, 0.05) is 10.5 Å². The molecular weight excluding hydrogens is 325 g/mol. The molecule has 2 N–H and O–H groups in total. The fraction of sp³-hybridized carbons (Fsp3) is 0.0714. The fourth-order valence-corrected chi connectivity index (χ4v) is 2.61. The van der Waals surface area contributed by atoms with Gasteiger partial charge in [-0.15, -0.1) is 0 Å². The Bertz CT molecular complexity index is 800. The zero-order valence-corrected chi connectivity index (χ0v) is 12.2. The summed E-state index contributed by atoms with van der Waals surface area (Å²) < 4.78 is 21.5. The number of nitrogens with two attached hydrogens (primary N) is 1. The average Bonchev–Trinajstić information content (AvgIpc) is 2.76. The number of methoxy groups -OCH3 is 1. The summed E-state index contributed by atoms with van der Waals surface area (Å²) in [6, 6.07) is 10.3. The van der Waals surface area contributed by atoms with Gasteiger partial charge in [0.25, 0.3) is 0 Å². The van der Waals surface area contributed by atoms with E-state index in [0.29, 0.717) is 11.3 Å². The number of ether oxygens (including phenoxy) is 1. The summed E-state index contributed by atoms with van der Waals surface area (Å²) in [5, 5.41) is 0. The number of hydrogen-bond donors (Lipinski definition) is 1.